The van der Waals surface area contributed by atoms with E-state index in [9.17, 15) is 9.59 Å². The van der Waals surface area contributed by atoms with Crippen molar-refractivity contribution >= 4 is 17.6 Å². The summed E-state index contributed by atoms with van der Waals surface area (Å²) in [5, 5.41) is 8.13. The van der Waals surface area contributed by atoms with E-state index in [1.807, 2.05) is 45.0 Å². The summed E-state index contributed by atoms with van der Waals surface area (Å²) in [6, 6.07) is 7.31. The summed E-state index contributed by atoms with van der Waals surface area (Å²) in [5.74, 6) is 0.468. The lowest BCUT2D eigenvalue weighted by Crippen LogP contribution is -2.39. The Labute approximate surface area is 169 Å². The average Bonchev–Trinajstić information content (AvgIpc) is 3.23. The summed E-state index contributed by atoms with van der Waals surface area (Å²) in [6.45, 7) is 6.10. The van der Waals surface area contributed by atoms with Crippen LogP contribution >= 0.6 is 0 Å². The molecule has 3 aromatic rings. The Balaban J connectivity index is 1.44. The summed E-state index contributed by atoms with van der Waals surface area (Å²) in [7, 11) is 0. The second-order valence-electron chi connectivity index (χ2n) is 6.85. The molecular formula is C21H24N6O2. The first kappa shape index (κ1) is 20.1. The van der Waals surface area contributed by atoms with E-state index >= 15 is 0 Å². The SMILES string of the molecule is Cc1cc(C)c(NC(=O)CNC(=O)NCc2ccc(-n3ccnc3)nc2)c(C)c1. The van der Waals surface area contributed by atoms with E-state index in [1.165, 1.54) is 0 Å². The highest BCUT2D eigenvalue weighted by Gasteiger charge is 2.10. The number of imidazole rings is 1. The number of hydrogen-bond donors (Lipinski definition) is 3. The number of aryl methyl sites for hydroxylation is 3. The Hall–Kier alpha value is -3.68. The molecule has 0 unspecified atom stereocenters. The van der Waals surface area contributed by atoms with E-state index in [4.69, 9.17) is 0 Å². The fourth-order valence-electron chi connectivity index (χ4n) is 3.03. The van der Waals surface area contributed by atoms with Crippen LogP contribution in [0.25, 0.3) is 5.82 Å². The molecule has 0 saturated heterocycles. The minimum atomic E-state index is -0.420. The molecule has 0 spiro atoms. The van der Waals surface area contributed by atoms with Crippen molar-refractivity contribution < 1.29 is 9.59 Å². The number of nitrogens with one attached hydrogen (secondary N) is 3. The molecule has 0 saturated carbocycles. The molecule has 1 aromatic carbocycles. The van der Waals surface area contributed by atoms with Crippen molar-refractivity contribution in [1.82, 2.24) is 25.2 Å². The second-order valence-corrected chi connectivity index (χ2v) is 6.85. The molecule has 0 radical (unpaired) electrons. The van der Waals surface area contributed by atoms with Crippen LogP contribution in [-0.2, 0) is 11.3 Å². The molecule has 2 heterocycles. The average molecular weight is 392 g/mol. The van der Waals surface area contributed by atoms with Gasteiger partial charge in [0.1, 0.15) is 12.1 Å². The zero-order chi connectivity index (χ0) is 20.8. The van der Waals surface area contributed by atoms with E-state index in [0.29, 0.717) is 6.54 Å². The van der Waals surface area contributed by atoms with Gasteiger partial charge in [0.2, 0.25) is 5.91 Å². The molecule has 3 rings (SSSR count). The number of rotatable bonds is 6. The lowest BCUT2D eigenvalue weighted by Gasteiger charge is -2.13. The van der Waals surface area contributed by atoms with Gasteiger partial charge in [0, 0.05) is 30.8 Å². The van der Waals surface area contributed by atoms with Gasteiger partial charge in [-0.1, -0.05) is 23.8 Å². The van der Waals surface area contributed by atoms with Crippen LogP contribution in [0, 0.1) is 20.8 Å². The molecule has 8 heteroatoms. The Bertz CT molecular complexity index is 974. The molecule has 0 atom stereocenters. The van der Waals surface area contributed by atoms with E-state index in [1.54, 1.807) is 29.5 Å². The zero-order valence-corrected chi connectivity index (χ0v) is 16.7. The Morgan fingerprint density at radius 2 is 1.83 bits per heavy atom. The maximum Gasteiger partial charge on any atom is 0.315 e. The smallest absolute Gasteiger partial charge is 0.315 e. The lowest BCUT2D eigenvalue weighted by atomic mass is 10.1. The maximum atomic E-state index is 12.2. The van der Waals surface area contributed by atoms with E-state index in [-0.39, 0.29) is 12.5 Å². The van der Waals surface area contributed by atoms with Crippen molar-refractivity contribution in [3.63, 3.8) is 0 Å². The first-order valence-corrected chi connectivity index (χ1v) is 9.25. The molecule has 150 valence electrons. The van der Waals surface area contributed by atoms with Crippen LogP contribution in [0.4, 0.5) is 10.5 Å². The summed E-state index contributed by atoms with van der Waals surface area (Å²) < 4.78 is 1.79. The van der Waals surface area contributed by atoms with E-state index < -0.39 is 6.03 Å². The largest absolute Gasteiger partial charge is 0.334 e. The van der Waals surface area contributed by atoms with Gasteiger partial charge in [0.05, 0.1) is 6.54 Å². The van der Waals surface area contributed by atoms with Gasteiger partial charge >= 0.3 is 6.03 Å². The number of nitrogens with zero attached hydrogens (tertiary/aromatic N) is 3. The molecule has 3 N–H and O–H groups in total. The van der Waals surface area contributed by atoms with Crippen LogP contribution in [0.2, 0.25) is 0 Å². The highest BCUT2D eigenvalue weighted by molar-refractivity contribution is 5.95. The minimum Gasteiger partial charge on any atom is -0.334 e. The highest BCUT2D eigenvalue weighted by atomic mass is 16.2. The molecule has 8 nitrogen and oxygen atoms in total. The van der Waals surface area contributed by atoms with Crippen LogP contribution in [0.5, 0.6) is 0 Å². The van der Waals surface area contributed by atoms with Crippen molar-refractivity contribution in [2.45, 2.75) is 27.3 Å². The maximum absolute atomic E-state index is 12.2. The molecule has 0 fully saturated rings. The van der Waals surface area contributed by atoms with Crippen LogP contribution in [0.15, 0.2) is 49.2 Å². The summed E-state index contributed by atoms with van der Waals surface area (Å²) in [4.78, 5) is 32.4. The number of urea groups is 1. The van der Waals surface area contributed by atoms with Crippen molar-refractivity contribution in [3.05, 3.63) is 71.4 Å². The van der Waals surface area contributed by atoms with Crippen molar-refractivity contribution in [3.8, 4) is 5.82 Å². The predicted octanol–water partition coefficient (Wildman–Crippen LogP) is 2.63. The molecule has 3 amide bonds. The third-order valence-corrected chi connectivity index (χ3v) is 4.38. The number of anilines is 1. The van der Waals surface area contributed by atoms with Crippen molar-refractivity contribution in [2.24, 2.45) is 0 Å². The van der Waals surface area contributed by atoms with Crippen molar-refractivity contribution in [1.29, 1.82) is 0 Å². The lowest BCUT2D eigenvalue weighted by molar-refractivity contribution is -0.115. The molecule has 0 aliphatic carbocycles. The topological polar surface area (TPSA) is 101 Å². The van der Waals surface area contributed by atoms with Crippen LogP contribution < -0.4 is 16.0 Å². The molecular weight excluding hydrogens is 368 g/mol. The van der Waals surface area contributed by atoms with Gasteiger partial charge in [-0.05, 0) is 43.5 Å². The molecule has 0 aliphatic heterocycles. The first-order valence-electron chi connectivity index (χ1n) is 9.25. The van der Waals surface area contributed by atoms with E-state index in [0.717, 1.165) is 33.8 Å². The Morgan fingerprint density at radius 1 is 1.07 bits per heavy atom. The standard InChI is InChI=1S/C21H24N6O2/c1-14-8-15(2)20(16(3)9-14)26-19(28)12-25-21(29)24-11-17-4-5-18(23-10-17)27-7-6-22-13-27/h4-10,13H,11-12H2,1-3H3,(H,26,28)(H2,24,25,29). The van der Waals surface area contributed by atoms with Crippen LogP contribution in [-0.4, -0.2) is 33.0 Å². The fraction of sp³-hybridized carbons (Fsp3) is 0.238. The minimum absolute atomic E-state index is 0.115. The number of carbonyl (C=O) groups excluding carboxylic acids is 2. The third-order valence-electron chi connectivity index (χ3n) is 4.38. The third kappa shape index (κ3) is 5.41. The Morgan fingerprint density at radius 3 is 2.45 bits per heavy atom. The summed E-state index contributed by atoms with van der Waals surface area (Å²) in [5.41, 5.74) is 4.76. The number of hydrogen-bond acceptors (Lipinski definition) is 4. The second kappa shape index (κ2) is 9.01. The van der Waals surface area contributed by atoms with Gasteiger partial charge in [-0.15, -0.1) is 0 Å². The zero-order valence-electron chi connectivity index (χ0n) is 16.7. The van der Waals surface area contributed by atoms with Gasteiger partial charge in [-0.3, -0.25) is 9.36 Å². The normalized spacial score (nSPS) is 10.4. The van der Waals surface area contributed by atoms with Gasteiger partial charge < -0.3 is 16.0 Å². The van der Waals surface area contributed by atoms with E-state index in [2.05, 4.69) is 25.9 Å². The van der Waals surface area contributed by atoms with Gasteiger partial charge in [-0.25, -0.2) is 14.8 Å². The van der Waals surface area contributed by atoms with Gasteiger partial charge in [-0.2, -0.15) is 0 Å². The Kier molecular flexibility index (Phi) is 6.23. The molecule has 2 aromatic heterocycles. The first-order chi connectivity index (χ1) is 13.9. The number of aromatic nitrogens is 3. The molecule has 29 heavy (non-hydrogen) atoms. The number of carbonyl (C=O) groups is 2. The van der Waals surface area contributed by atoms with Gasteiger partial charge in [0.15, 0.2) is 0 Å². The van der Waals surface area contributed by atoms with Crippen LogP contribution in [0.3, 0.4) is 0 Å². The highest BCUT2D eigenvalue weighted by Crippen LogP contribution is 2.21. The van der Waals surface area contributed by atoms with Crippen molar-refractivity contribution in [2.75, 3.05) is 11.9 Å². The predicted molar refractivity (Wildman–Crippen MR) is 111 cm³/mol. The van der Waals surface area contributed by atoms with Crippen LogP contribution in [0.1, 0.15) is 22.3 Å². The monoisotopic (exact) mass is 392 g/mol. The number of pyridine rings is 1. The fourth-order valence-corrected chi connectivity index (χ4v) is 3.03. The van der Waals surface area contributed by atoms with Gasteiger partial charge in [0.25, 0.3) is 0 Å². The molecule has 0 bridgehead atoms. The quantitative estimate of drug-likeness (QED) is 0.600. The number of benzene rings is 1. The molecule has 0 aliphatic rings. The summed E-state index contributed by atoms with van der Waals surface area (Å²) >= 11 is 0. The number of amides is 3. The summed E-state index contributed by atoms with van der Waals surface area (Å²) in [6.07, 6.45) is 6.83.